The number of benzene rings is 4. The van der Waals surface area contributed by atoms with Gasteiger partial charge < -0.3 is 9.47 Å². The normalized spacial score (nSPS) is 20.9. The molecule has 0 heterocycles. The van der Waals surface area contributed by atoms with Crippen LogP contribution in [-0.4, -0.2) is 13.2 Å². The maximum atomic E-state index is 16.8. The zero-order valence-electron chi connectivity index (χ0n) is 35.3. The van der Waals surface area contributed by atoms with E-state index in [4.69, 9.17) is 9.47 Å². The van der Waals surface area contributed by atoms with E-state index in [0.717, 1.165) is 97.0 Å². The van der Waals surface area contributed by atoms with Gasteiger partial charge in [-0.2, -0.15) is 0 Å². The van der Waals surface area contributed by atoms with E-state index in [1.807, 2.05) is 36.4 Å². The van der Waals surface area contributed by atoms with Gasteiger partial charge in [-0.25, -0.2) is 8.78 Å². The molecular weight excluding hydrogens is 727 g/mol. The summed E-state index contributed by atoms with van der Waals surface area (Å²) in [5.41, 5.74) is 5.42. The minimum Gasteiger partial charge on any atom is -0.494 e. The van der Waals surface area contributed by atoms with Crippen LogP contribution in [0.4, 0.5) is 8.78 Å². The van der Waals surface area contributed by atoms with Crippen molar-refractivity contribution in [2.75, 3.05) is 13.2 Å². The van der Waals surface area contributed by atoms with Gasteiger partial charge >= 0.3 is 0 Å². The number of hydrogen-bond donors (Lipinski definition) is 0. The first-order chi connectivity index (χ1) is 27.9. The molecule has 4 aromatic rings. The highest BCUT2D eigenvalue weighted by Crippen LogP contribution is 2.50. The van der Waals surface area contributed by atoms with Crippen molar-refractivity contribution in [2.24, 2.45) is 11.8 Å². The van der Waals surface area contributed by atoms with E-state index in [-0.39, 0.29) is 22.1 Å². The number of ether oxygens (including phenoxy) is 2. The molecule has 2 fully saturated rings. The van der Waals surface area contributed by atoms with E-state index in [9.17, 15) is 0 Å². The predicted octanol–water partition coefficient (Wildman–Crippen LogP) is 16.1. The summed E-state index contributed by atoms with van der Waals surface area (Å²) in [6.45, 7) is 10.2. The molecule has 0 amide bonds. The van der Waals surface area contributed by atoms with Gasteiger partial charge in [-0.1, -0.05) is 115 Å². The van der Waals surface area contributed by atoms with Crippen LogP contribution in [0.2, 0.25) is 0 Å². The molecule has 2 aliphatic rings. The van der Waals surface area contributed by atoms with E-state index in [1.165, 1.54) is 51.4 Å². The fourth-order valence-corrected chi connectivity index (χ4v) is 10.9. The Morgan fingerprint density at radius 1 is 0.509 bits per heavy atom. The summed E-state index contributed by atoms with van der Waals surface area (Å²) in [5, 5.41) is -0.773. The summed E-state index contributed by atoms with van der Waals surface area (Å²) in [6, 6.07) is 28.2. The molecule has 0 N–H and O–H groups in total. The van der Waals surface area contributed by atoms with E-state index in [1.54, 1.807) is 23.9 Å². The largest absolute Gasteiger partial charge is 0.494 e. The highest BCUT2D eigenvalue weighted by Gasteiger charge is 2.30. The van der Waals surface area contributed by atoms with Crippen LogP contribution in [0.15, 0.2) is 84.9 Å². The highest BCUT2D eigenvalue weighted by atomic mass is 32.2. The third kappa shape index (κ3) is 11.9. The van der Waals surface area contributed by atoms with Crippen molar-refractivity contribution < 1.29 is 18.3 Å². The van der Waals surface area contributed by atoms with Crippen molar-refractivity contribution in [2.45, 2.75) is 153 Å². The Bertz CT molecular complexity index is 1640. The first-order valence-electron chi connectivity index (χ1n) is 22.6. The fraction of sp³-hybridized carbons (Fsp3) is 0.538. The first-order valence-corrected chi connectivity index (χ1v) is 23.5. The summed E-state index contributed by atoms with van der Waals surface area (Å²) in [4.78, 5) is 0. The van der Waals surface area contributed by atoms with Crippen LogP contribution >= 0.6 is 11.8 Å². The third-order valence-corrected chi connectivity index (χ3v) is 14.4. The lowest BCUT2D eigenvalue weighted by Crippen LogP contribution is -2.14. The van der Waals surface area contributed by atoms with Crippen molar-refractivity contribution in [1.29, 1.82) is 0 Å². The summed E-state index contributed by atoms with van der Waals surface area (Å²) < 4.78 is 45.6. The number of thioether (sulfide) groups is 1. The number of unbranched alkanes of at least 4 members (excludes halogenated alkanes) is 2. The predicted molar refractivity (Wildman–Crippen MR) is 237 cm³/mol. The average Bonchev–Trinajstić information content (AvgIpc) is 3.23. The molecule has 308 valence electrons. The molecule has 2 nitrogen and oxygen atoms in total. The quantitative estimate of drug-likeness (QED) is 0.0830. The highest BCUT2D eigenvalue weighted by molar-refractivity contribution is 8.00. The van der Waals surface area contributed by atoms with Crippen LogP contribution in [0.25, 0.3) is 0 Å². The van der Waals surface area contributed by atoms with Crippen LogP contribution in [0.1, 0.15) is 186 Å². The Morgan fingerprint density at radius 3 is 1.23 bits per heavy atom. The maximum absolute atomic E-state index is 16.8. The molecule has 2 saturated carbocycles. The lowest BCUT2D eigenvalue weighted by Gasteiger charge is -2.30. The Labute approximate surface area is 347 Å². The van der Waals surface area contributed by atoms with Gasteiger partial charge in [-0.05, 0) is 147 Å². The van der Waals surface area contributed by atoms with Crippen LogP contribution < -0.4 is 9.47 Å². The molecule has 0 radical (unpaired) electrons. The molecule has 5 heteroatoms. The van der Waals surface area contributed by atoms with Gasteiger partial charge in [0.2, 0.25) is 0 Å². The average molecular weight is 795 g/mol. The number of halogens is 2. The molecule has 4 aromatic carbocycles. The molecule has 0 aromatic heterocycles. The number of rotatable bonds is 20. The van der Waals surface area contributed by atoms with Gasteiger partial charge in [0.25, 0.3) is 0 Å². The van der Waals surface area contributed by atoms with Crippen molar-refractivity contribution in [3.05, 3.63) is 130 Å². The second-order valence-electron chi connectivity index (χ2n) is 17.0. The monoisotopic (exact) mass is 794 g/mol. The van der Waals surface area contributed by atoms with Crippen LogP contribution in [0.3, 0.4) is 0 Å². The standard InChI is InChI=1S/C52H68F2O2S/c1-5-9-33-55-45-27-21-41(22-28-45)51(47-31-25-43(35-49(47)53)39-17-13-37(11-7-3)14-18-39)57-52(42-23-29-46(30-24-42)56-34-10-6-2)48-32-26-44(36-50(48)54)40-19-15-38(12-8-4)16-20-40/h21-32,35-40,51-52H,5-20,33-34H2,1-4H3/t37-,38-,39-,40-,51?,52?. The van der Waals surface area contributed by atoms with Gasteiger partial charge in [0.05, 0.1) is 23.7 Å². The van der Waals surface area contributed by atoms with Gasteiger partial charge in [0.1, 0.15) is 23.1 Å². The first kappa shape index (κ1) is 43.3. The third-order valence-electron chi connectivity index (χ3n) is 12.8. The second kappa shape index (κ2) is 22.2. The molecule has 6 rings (SSSR count). The van der Waals surface area contributed by atoms with Crippen LogP contribution in [0.5, 0.6) is 11.5 Å². The van der Waals surface area contributed by atoms with E-state index in [2.05, 4.69) is 64.1 Å². The van der Waals surface area contributed by atoms with E-state index < -0.39 is 0 Å². The molecule has 0 saturated heterocycles. The minimum absolute atomic E-state index is 0.183. The minimum atomic E-state index is -0.387. The van der Waals surface area contributed by atoms with Crippen molar-refractivity contribution >= 4 is 11.8 Å². The molecule has 57 heavy (non-hydrogen) atoms. The number of hydrogen-bond acceptors (Lipinski definition) is 3. The van der Waals surface area contributed by atoms with E-state index >= 15 is 8.78 Å². The molecule has 0 spiro atoms. The Morgan fingerprint density at radius 2 is 0.895 bits per heavy atom. The Balaban J connectivity index is 1.34. The summed E-state index contributed by atoms with van der Waals surface area (Å²) in [7, 11) is 0. The van der Waals surface area contributed by atoms with E-state index in [0.29, 0.717) is 36.2 Å². The Hall–Kier alpha value is -3.31. The SMILES string of the molecule is CCCCOc1ccc(C(SC(c2ccc(OCCCC)cc2)c2ccc([C@H]3CC[C@H](CCC)CC3)cc2F)c2ccc([C@H]3CC[C@H](CCC)CC3)cc2F)cc1. The summed E-state index contributed by atoms with van der Waals surface area (Å²) in [5.74, 6) is 3.65. The lowest BCUT2D eigenvalue weighted by molar-refractivity contribution is 0.308. The maximum Gasteiger partial charge on any atom is 0.128 e. The zero-order chi connectivity index (χ0) is 40.0. The van der Waals surface area contributed by atoms with Crippen LogP contribution in [0, 0.1) is 23.5 Å². The van der Waals surface area contributed by atoms with Gasteiger partial charge in [0, 0.05) is 11.1 Å². The summed E-state index contributed by atoms with van der Waals surface area (Å²) in [6.07, 6.45) is 18.5. The smallest absolute Gasteiger partial charge is 0.128 e. The van der Waals surface area contributed by atoms with Crippen molar-refractivity contribution in [3.8, 4) is 11.5 Å². The topological polar surface area (TPSA) is 18.5 Å². The van der Waals surface area contributed by atoms with Gasteiger partial charge in [-0.3, -0.25) is 0 Å². The van der Waals surface area contributed by atoms with Crippen LogP contribution in [-0.2, 0) is 0 Å². The summed E-state index contributed by atoms with van der Waals surface area (Å²) >= 11 is 1.62. The van der Waals surface area contributed by atoms with Gasteiger partial charge in [-0.15, -0.1) is 11.8 Å². The molecular formula is C52H68F2O2S. The second-order valence-corrected chi connectivity index (χ2v) is 18.2. The molecule has 2 aliphatic carbocycles. The molecule has 2 atom stereocenters. The Kier molecular flexibility index (Phi) is 16.8. The molecule has 0 aliphatic heterocycles. The lowest BCUT2D eigenvalue weighted by atomic mass is 9.77. The van der Waals surface area contributed by atoms with Crippen molar-refractivity contribution in [3.63, 3.8) is 0 Å². The zero-order valence-corrected chi connectivity index (χ0v) is 36.1. The molecule has 0 bridgehead atoms. The molecule has 2 unspecified atom stereocenters. The van der Waals surface area contributed by atoms with Crippen molar-refractivity contribution in [1.82, 2.24) is 0 Å². The van der Waals surface area contributed by atoms with Gasteiger partial charge in [0.15, 0.2) is 0 Å². The fourth-order valence-electron chi connectivity index (χ4n) is 9.35.